The Hall–Kier alpha value is -0.770. The first-order valence-corrected chi connectivity index (χ1v) is 7.58. The molecule has 0 saturated heterocycles. The fourth-order valence-corrected chi connectivity index (χ4v) is 3.20. The predicted molar refractivity (Wildman–Crippen MR) is 81.5 cm³/mol. The molecule has 20 heavy (non-hydrogen) atoms. The highest BCUT2D eigenvalue weighted by Gasteiger charge is 2.46. The van der Waals surface area contributed by atoms with E-state index >= 15 is 0 Å². The first-order valence-electron chi connectivity index (χ1n) is 6.83. The zero-order valence-electron chi connectivity index (χ0n) is 11.5. The monoisotopic (exact) mass is 315 g/mol. The van der Waals surface area contributed by atoms with Crippen LogP contribution in [0.2, 0.25) is 10.0 Å². The van der Waals surface area contributed by atoms with Gasteiger partial charge in [0.05, 0.1) is 5.41 Å². The maximum absolute atomic E-state index is 12.5. The molecule has 1 aliphatic carbocycles. The van der Waals surface area contributed by atoms with Gasteiger partial charge in [-0.15, -0.1) is 0 Å². The van der Waals surface area contributed by atoms with Gasteiger partial charge in [-0.3, -0.25) is 4.79 Å². The molecule has 0 spiro atoms. The molecule has 1 N–H and O–H groups in total. The van der Waals surface area contributed by atoms with Gasteiger partial charge < -0.3 is 10.1 Å². The van der Waals surface area contributed by atoms with E-state index in [1.54, 1.807) is 19.2 Å². The summed E-state index contributed by atoms with van der Waals surface area (Å²) in [5.74, 6) is 0.0593. The molecule has 2 rings (SSSR count). The number of halogens is 2. The zero-order chi connectivity index (χ0) is 14.6. The second-order valence-corrected chi connectivity index (χ2v) is 6.01. The quantitative estimate of drug-likeness (QED) is 0.815. The third-order valence-electron chi connectivity index (χ3n) is 3.90. The Bertz CT molecular complexity index is 487. The summed E-state index contributed by atoms with van der Waals surface area (Å²) < 4.78 is 4.98. The van der Waals surface area contributed by atoms with Crippen LogP contribution in [0.3, 0.4) is 0 Å². The second-order valence-electron chi connectivity index (χ2n) is 5.16. The van der Waals surface area contributed by atoms with Crippen LogP contribution in [0.5, 0.6) is 0 Å². The number of nitrogens with one attached hydrogen (secondary N) is 1. The number of carbonyl (C=O) groups is 1. The molecule has 1 fully saturated rings. The van der Waals surface area contributed by atoms with Gasteiger partial charge >= 0.3 is 0 Å². The van der Waals surface area contributed by atoms with E-state index in [2.05, 4.69) is 5.32 Å². The summed E-state index contributed by atoms with van der Waals surface area (Å²) in [5, 5.41) is 4.15. The second kappa shape index (κ2) is 6.79. The minimum absolute atomic E-state index is 0.0593. The lowest BCUT2D eigenvalue weighted by atomic mass is 9.63. The number of ether oxygens (including phenoxy) is 1. The van der Waals surface area contributed by atoms with Crippen molar-refractivity contribution in [2.45, 2.75) is 31.1 Å². The topological polar surface area (TPSA) is 38.3 Å². The van der Waals surface area contributed by atoms with Gasteiger partial charge in [0.1, 0.15) is 0 Å². The van der Waals surface area contributed by atoms with Crippen molar-refractivity contribution in [3.05, 3.63) is 33.8 Å². The van der Waals surface area contributed by atoms with E-state index < -0.39 is 5.41 Å². The Labute approximate surface area is 129 Å². The Balaban J connectivity index is 2.10. The van der Waals surface area contributed by atoms with Crippen molar-refractivity contribution >= 4 is 29.1 Å². The molecule has 1 aromatic rings. The molecule has 0 aromatic heterocycles. The molecule has 0 atom stereocenters. The fourth-order valence-electron chi connectivity index (χ4n) is 2.61. The smallest absolute Gasteiger partial charge is 0.230 e. The van der Waals surface area contributed by atoms with Crippen molar-refractivity contribution in [1.29, 1.82) is 0 Å². The molecule has 0 heterocycles. The number of amides is 1. The minimum Gasteiger partial charge on any atom is -0.385 e. The number of hydrogen-bond acceptors (Lipinski definition) is 2. The van der Waals surface area contributed by atoms with Crippen LogP contribution in [-0.4, -0.2) is 26.2 Å². The third kappa shape index (κ3) is 3.11. The number of rotatable bonds is 6. The predicted octanol–water partition coefficient (Wildman–Crippen LogP) is 3.57. The van der Waals surface area contributed by atoms with Crippen molar-refractivity contribution < 1.29 is 9.53 Å². The maximum atomic E-state index is 12.5. The number of benzene rings is 1. The molecular formula is C15H19Cl2NO2. The highest BCUT2D eigenvalue weighted by molar-refractivity contribution is 6.35. The first kappa shape index (κ1) is 15.6. The molecule has 1 aromatic carbocycles. The normalized spacial score (nSPS) is 16.6. The van der Waals surface area contributed by atoms with Gasteiger partial charge in [-0.2, -0.15) is 0 Å². The van der Waals surface area contributed by atoms with Crippen LogP contribution < -0.4 is 5.32 Å². The summed E-state index contributed by atoms with van der Waals surface area (Å²) in [5.41, 5.74) is 0.411. The fraction of sp³-hybridized carbons (Fsp3) is 0.533. The van der Waals surface area contributed by atoms with Gasteiger partial charge in [0.2, 0.25) is 5.91 Å². The van der Waals surface area contributed by atoms with E-state index in [0.717, 1.165) is 31.2 Å². The van der Waals surface area contributed by atoms with E-state index in [-0.39, 0.29) is 5.91 Å². The van der Waals surface area contributed by atoms with Crippen molar-refractivity contribution in [2.24, 2.45) is 0 Å². The van der Waals surface area contributed by atoms with Crippen molar-refractivity contribution in [3.8, 4) is 0 Å². The van der Waals surface area contributed by atoms with Crippen LogP contribution in [0, 0.1) is 0 Å². The molecule has 0 bridgehead atoms. The molecule has 0 radical (unpaired) electrons. The van der Waals surface area contributed by atoms with Crippen molar-refractivity contribution in [2.75, 3.05) is 20.3 Å². The summed E-state index contributed by atoms with van der Waals surface area (Å²) in [7, 11) is 1.66. The van der Waals surface area contributed by atoms with Gasteiger partial charge in [0.15, 0.2) is 0 Å². The zero-order valence-corrected chi connectivity index (χ0v) is 13.1. The summed E-state index contributed by atoms with van der Waals surface area (Å²) >= 11 is 12.2. The van der Waals surface area contributed by atoms with Crippen LogP contribution in [0.1, 0.15) is 31.2 Å². The molecular weight excluding hydrogens is 297 g/mol. The molecule has 110 valence electrons. The minimum atomic E-state index is -0.477. The first-order chi connectivity index (χ1) is 9.60. The highest BCUT2D eigenvalue weighted by Crippen LogP contribution is 2.46. The molecule has 1 aliphatic rings. The summed E-state index contributed by atoms with van der Waals surface area (Å²) in [6.07, 6.45) is 3.53. The van der Waals surface area contributed by atoms with Crippen LogP contribution in [-0.2, 0) is 14.9 Å². The lowest BCUT2D eigenvalue weighted by Gasteiger charge is -2.41. The largest absolute Gasteiger partial charge is 0.385 e. The van der Waals surface area contributed by atoms with E-state index in [1.807, 2.05) is 6.07 Å². The number of carbonyl (C=O) groups excluding carboxylic acids is 1. The average Bonchev–Trinajstić information content (AvgIpc) is 2.36. The Morgan fingerprint density at radius 3 is 2.70 bits per heavy atom. The van der Waals surface area contributed by atoms with Gasteiger partial charge in [-0.1, -0.05) is 35.7 Å². The van der Waals surface area contributed by atoms with Crippen LogP contribution in [0.15, 0.2) is 18.2 Å². The number of hydrogen-bond donors (Lipinski definition) is 1. The van der Waals surface area contributed by atoms with Crippen molar-refractivity contribution in [3.63, 3.8) is 0 Å². The van der Waals surface area contributed by atoms with Gasteiger partial charge in [-0.25, -0.2) is 0 Å². The van der Waals surface area contributed by atoms with Crippen LogP contribution in [0.25, 0.3) is 0 Å². The standard InChI is InChI=1S/C15H19Cl2NO2/c1-20-9-3-8-18-14(19)15(6-2-7-15)12-5-4-11(16)10-13(12)17/h4-5,10H,2-3,6-9H2,1H3,(H,18,19). The van der Waals surface area contributed by atoms with E-state index in [4.69, 9.17) is 27.9 Å². The Morgan fingerprint density at radius 2 is 2.15 bits per heavy atom. The molecule has 1 saturated carbocycles. The van der Waals surface area contributed by atoms with Crippen LogP contribution in [0.4, 0.5) is 0 Å². The lowest BCUT2D eigenvalue weighted by molar-refractivity contribution is -0.129. The van der Waals surface area contributed by atoms with Gasteiger partial charge in [0.25, 0.3) is 0 Å². The molecule has 5 heteroatoms. The summed E-state index contributed by atoms with van der Waals surface area (Å²) in [6, 6.07) is 5.37. The van der Waals surface area contributed by atoms with Crippen molar-refractivity contribution in [1.82, 2.24) is 5.32 Å². The SMILES string of the molecule is COCCCNC(=O)C1(c2ccc(Cl)cc2Cl)CCC1. The maximum Gasteiger partial charge on any atom is 0.230 e. The number of methoxy groups -OCH3 is 1. The van der Waals surface area contributed by atoms with Gasteiger partial charge in [0, 0.05) is 30.3 Å². The Morgan fingerprint density at radius 1 is 1.40 bits per heavy atom. The summed E-state index contributed by atoms with van der Waals surface area (Å²) in [6.45, 7) is 1.27. The van der Waals surface area contributed by atoms with Gasteiger partial charge in [-0.05, 0) is 37.0 Å². The third-order valence-corrected chi connectivity index (χ3v) is 4.45. The Kier molecular flexibility index (Phi) is 5.30. The molecule has 0 aliphatic heterocycles. The highest BCUT2D eigenvalue weighted by atomic mass is 35.5. The summed E-state index contributed by atoms with van der Waals surface area (Å²) in [4.78, 5) is 12.5. The molecule has 3 nitrogen and oxygen atoms in total. The average molecular weight is 316 g/mol. The van der Waals surface area contributed by atoms with E-state index in [9.17, 15) is 4.79 Å². The van der Waals surface area contributed by atoms with E-state index in [1.165, 1.54) is 0 Å². The molecule has 1 amide bonds. The van der Waals surface area contributed by atoms with Crippen LogP contribution >= 0.6 is 23.2 Å². The lowest BCUT2D eigenvalue weighted by Crippen LogP contribution is -2.49. The van der Waals surface area contributed by atoms with E-state index in [0.29, 0.717) is 23.2 Å². The molecule has 0 unspecified atom stereocenters.